The van der Waals surface area contributed by atoms with Crippen molar-refractivity contribution in [3.8, 4) is 5.75 Å². The number of amides is 4. The monoisotopic (exact) mass is 801 g/mol. The van der Waals surface area contributed by atoms with Gasteiger partial charge in [-0.1, -0.05) is 80.0 Å². The number of carbonyl (C=O) groups excluding carboxylic acids is 5. The fourth-order valence-electron chi connectivity index (χ4n) is 5.36. The predicted octanol–water partition coefficient (Wildman–Crippen LogP) is 5.62. The molecule has 4 amide bonds. The van der Waals surface area contributed by atoms with Gasteiger partial charge in [-0.25, -0.2) is 0 Å². The second kappa shape index (κ2) is 18.6. The standard InChI is InChI=1S/C39H37ClF5N5O6/c1-22(2)31(33(51)39(43,44)45)49-36(54)32(25-14-16-28(56-3)17-15-25)50-35(53)30(48-37(55)38(41,42)26-7-6-8-27(40)20-26)19-23-10-12-24(13-11-23)21-47-34(52)29-9-4-5-18-46-29/h4-18,20,22,30-32H,19,21H2,1-3H3,(H,47,52)(H,48,55)(H,49,54)(H,50,53)/t30-,31-,32-/m0/s1. The maximum Gasteiger partial charge on any atom is 0.452 e. The molecule has 0 radical (unpaired) electrons. The molecule has 0 aliphatic heterocycles. The third kappa shape index (κ3) is 11.3. The molecule has 0 aliphatic carbocycles. The number of nitrogens with zero attached hydrogens (tertiary/aromatic N) is 1. The molecule has 4 aromatic rings. The zero-order valence-corrected chi connectivity index (χ0v) is 30.9. The molecule has 0 saturated heterocycles. The topological polar surface area (TPSA) is 156 Å². The molecule has 17 heteroatoms. The minimum Gasteiger partial charge on any atom is -0.497 e. The van der Waals surface area contributed by atoms with Crippen LogP contribution in [0.25, 0.3) is 0 Å². The molecule has 0 fully saturated rings. The van der Waals surface area contributed by atoms with Crippen LogP contribution in [0.1, 0.15) is 52.6 Å². The number of ketones is 1. The molecule has 1 heterocycles. The van der Waals surface area contributed by atoms with Crippen molar-refractivity contribution in [2.24, 2.45) is 5.92 Å². The minimum atomic E-state index is -5.30. The first-order chi connectivity index (χ1) is 26.4. The lowest BCUT2D eigenvalue weighted by molar-refractivity contribution is -0.175. The Hall–Kier alpha value is -5.90. The number of halogens is 6. The molecule has 0 spiro atoms. The smallest absolute Gasteiger partial charge is 0.452 e. The van der Waals surface area contributed by atoms with Gasteiger partial charge < -0.3 is 26.0 Å². The summed E-state index contributed by atoms with van der Waals surface area (Å²) in [7, 11) is 1.36. The van der Waals surface area contributed by atoms with Crippen LogP contribution in [0, 0.1) is 5.92 Å². The summed E-state index contributed by atoms with van der Waals surface area (Å²) >= 11 is 5.88. The van der Waals surface area contributed by atoms with Crippen molar-refractivity contribution in [3.05, 3.63) is 130 Å². The summed E-state index contributed by atoms with van der Waals surface area (Å²) in [5, 5.41) is 9.09. The van der Waals surface area contributed by atoms with Crippen LogP contribution in [-0.2, 0) is 38.1 Å². The number of nitrogens with one attached hydrogen (secondary N) is 4. The summed E-state index contributed by atoms with van der Waals surface area (Å²) in [5.41, 5.74) is 0.391. The van der Waals surface area contributed by atoms with E-state index in [1.54, 1.807) is 24.3 Å². The lowest BCUT2D eigenvalue weighted by Gasteiger charge is -2.28. The van der Waals surface area contributed by atoms with Crippen molar-refractivity contribution >= 4 is 41.0 Å². The Morgan fingerprint density at radius 3 is 2.02 bits per heavy atom. The Morgan fingerprint density at radius 2 is 1.45 bits per heavy atom. The van der Waals surface area contributed by atoms with Crippen molar-refractivity contribution in [1.82, 2.24) is 26.3 Å². The number of hydrogen-bond donors (Lipinski definition) is 4. The van der Waals surface area contributed by atoms with E-state index in [9.17, 15) is 37.1 Å². The third-order valence-corrected chi connectivity index (χ3v) is 8.67. The number of carbonyl (C=O) groups is 5. The van der Waals surface area contributed by atoms with E-state index in [2.05, 4.69) is 20.9 Å². The molecule has 1 aromatic heterocycles. The summed E-state index contributed by atoms with van der Waals surface area (Å²) in [5.74, 6) is -11.9. The average molecular weight is 802 g/mol. The summed E-state index contributed by atoms with van der Waals surface area (Å²) in [6, 6.07) is 15.2. The van der Waals surface area contributed by atoms with Crippen molar-refractivity contribution in [2.45, 2.75) is 57.0 Å². The normalized spacial score (nSPS) is 13.2. The minimum absolute atomic E-state index is 0.0186. The maximum atomic E-state index is 15.5. The zero-order valence-electron chi connectivity index (χ0n) is 30.1. The Bertz CT molecular complexity index is 2020. The van der Waals surface area contributed by atoms with Crippen LogP contribution in [0.2, 0.25) is 5.02 Å². The average Bonchev–Trinajstić information content (AvgIpc) is 3.17. The highest BCUT2D eigenvalue weighted by Gasteiger charge is 2.46. The van der Waals surface area contributed by atoms with Gasteiger partial charge in [-0.2, -0.15) is 22.0 Å². The van der Waals surface area contributed by atoms with Crippen LogP contribution in [0.15, 0.2) is 97.2 Å². The van der Waals surface area contributed by atoms with Gasteiger partial charge in [0.1, 0.15) is 23.5 Å². The van der Waals surface area contributed by atoms with Crippen molar-refractivity contribution < 1.29 is 50.7 Å². The van der Waals surface area contributed by atoms with E-state index in [4.69, 9.17) is 16.3 Å². The highest BCUT2D eigenvalue weighted by Crippen LogP contribution is 2.30. The lowest BCUT2D eigenvalue weighted by atomic mass is 9.97. The first-order valence-corrected chi connectivity index (χ1v) is 17.4. The number of benzene rings is 3. The number of Topliss-reactive ketones (excluding diaryl/α,β-unsaturated/α-hetero) is 1. The van der Waals surface area contributed by atoms with Gasteiger partial charge in [-0.15, -0.1) is 0 Å². The fraction of sp³-hybridized carbons (Fsp3) is 0.282. The number of aromatic nitrogens is 1. The van der Waals surface area contributed by atoms with Gasteiger partial charge >= 0.3 is 12.1 Å². The molecule has 3 aromatic carbocycles. The molecule has 0 bridgehead atoms. The number of hydrogen-bond acceptors (Lipinski definition) is 7. The van der Waals surface area contributed by atoms with Gasteiger partial charge in [0.2, 0.25) is 11.8 Å². The van der Waals surface area contributed by atoms with Crippen LogP contribution in [0.3, 0.4) is 0 Å². The van der Waals surface area contributed by atoms with Crippen LogP contribution < -0.4 is 26.0 Å². The molecule has 0 aliphatic rings. The quantitative estimate of drug-likeness (QED) is 0.107. The van der Waals surface area contributed by atoms with Gasteiger partial charge in [0, 0.05) is 29.7 Å². The van der Waals surface area contributed by atoms with Crippen LogP contribution in [0.5, 0.6) is 5.75 Å². The molecule has 4 N–H and O–H groups in total. The largest absolute Gasteiger partial charge is 0.497 e. The Morgan fingerprint density at radius 1 is 0.786 bits per heavy atom. The molecule has 296 valence electrons. The van der Waals surface area contributed by atoms with Gasteiger partial charge in [0.15, 0.2) is 0 Å². The number of alkyl halides is 5. The summed E-state index contributed by atoms with van der Waals surface area (Å²) in [4.78, 5) is 69.5. The highest BCUT2D eigenvalue weighted by atomic mass is 35.5. The molecule has 3 atom stereocenters. The fourth-order valence-corrected chi connectivity index (χ4v) is 5.55. The first kappa shape index (κ1) is 42.8. The zero-order chi connectivity index (χ0) is 41.2. The van der Waals surface area contributed by atoms with Gasteiger partial charge in [-0.3, -0.25) is 29.0 Å². The number of pyridine rings is 1. The van der Waals surface area contributed by atoms with E-state index in [0.717, 1.165) is 12.1 Å². The van der Waals surface area contributed by atoms with Crippen LogP contribution >= 0.6 is 11.6 Å². The molecule has 0 saturated carbocycles. The second-order valence-corrected chi connectivity index (χ2v) is 13.3. The van der Waals surface area contributed by atoms with E-state index in [1.165, 1.54) is 81.8 Å². The number of ether oxygens (including phenoxy) is 1. The van der Waals surface area contributed by atoms with E-state index < -0.39 is 77.5 Å². The van der Waals surface area contributed by atoms with E-state index >= 15 is 8.78 Å². The Balaban J connectivity index is 1.64. The number of rotatable bonds is 16. The van der Waals surface area contributed by atoms with Gasteiger partial charge in [0.05, 0.1) is 13.2 Å². The maximum absolute atomic E-state index is 15.5. The van der Waals surface area contributed by atoms with Crippen molar-refractivity contribution in [3.63, 3.8) is 0 Å². The van der Waals surface area contributed by atoms with Gasteiger partial charge in [-0.05, 0) is 59.0 Å². The molecule has 4 rings (SSSR count). The lowest BCUT2D eigenvalue weighted by Crippen LogP contribution is -2.56. The molecular weight excluding hydrogens is 765 g/mol. The van der Waals surface area contributed by atoms with E-state index in [-0.39, 0.29) is 22.8 Å². The van der Waals surface area contributed by atoms with E-state index in [0.29, 0.717) is 16.9 Å². The summed E-state index contributed by atoms with van der Waals surface area (Å²) < 4.78 is 76.5. The van der Waals surface area contributed by atoms with Crippen molar-refractivity contribution in [2.75, 3.05) is 7.11 Å². The second-order valence-electron chi connectivity index (χ2n) is 12.8. The predicted molar refractivity (Wildman–Crippen MR) is 195 cm³/mol. The molecule has 56 heavy (non-hydrogen) atoms. The molecule has 11 nitrogen and oxygen atoms in total. The van der Waals surface area contributed by atoms with Crippen LogP contribution in [-0.4, -0.2) is 59.8 Å². The highest BCUT2D eigenvalue weighted by molar-refractivity contribution is 6.30. The molecular formula is C39H37ClF5N5O6. The summed E-state index contributed by atoms with van der Waals surface area (Å²) in [6.45, 7) is 2.64. The van der Waals surface area contributed by atoms with Gasteiger partial charge in [0.25, 0.3) is 17.6 Å². The Kier molecular flexibility index (Phi) is 14.2. The molecule has 0 unspecified atom stereocenters. The summed E-state index contributed by atoms with van der Waals surface area (Å²) in [6.07, 6.45) is -4.25. The number of methoxy groups -OCH3 is 1. The SMILES string of the molecule is COc1ccc([C@H](NC(=O)[C@H](Cc2ccc(CNC(=O)c3ccccn3)cc2)NC(=O)C(F)(F)c2cccc(Cl)c2)C(=O)N[C@H](C(=O)C(F)(F)F)C(C)C)cc1. The Labute approximate surface area is 323 Å². The third-order valence-electron chi connectivity index (χ3n) is 8.43. The van der Waals surface area contributed by atoms with E-state index in [1.807, 2.05) is 5.32 Å². The van der Waals surface area contributed by atoms with Crippen LogP contribution in [0.4, 0.5) is 22.0 Å². The van der Waals surface area contributed by atoms with Crippen molar-refractivity contribution in [1.29, 1.82) is 0 Å². The first-order valence-electron chi connectivity index (χ1n) is 17.0.